The van der Waals surface area contributed by atoms with E-state index in [-0.39, 0.29) is 0 Å². The zero-order valence-electron chi connectivity index (χ0n) is 13.6. The molecule has 2 aromatic rings. The monoisotopic (exact) mass is 336 g/mol. The van der Waals surface area contributed by atoms with Gasteiger partial charge >= 0.3 is 17.8 Å². The number of imide groups is 2. The molecule has 0 aromatic heterocycles. The molecular weight excluding hydrogens is 320 g/mol. The molecule has 2 aromatic carbocycles. The van der Waals surface area contributed by atoms with Crippen molar-refractivity contribution in [3.63, 3.8) is 0 Å². The van der Waals surface area contributed by atoms with Crippen LogP contribution in [0.2, 0.25) is 0 Å². The van der Waals surface area contributed by atoms with Crippen LogP contribution in [0.15, 0.2) is 60.7 Å². The van der Waals surface area contributed by atoms with Crippen LogP contribution in [0, 0.1) is 0 Å². The number of rotatable bonds is 5. The Balaban J connectivity index is 1.81. The Morgan fingerprint density at radius 1 is 0.880 bits per heavy atom. The minimum atomic E-state index is -0.975. The van der Waals surface area contributed by atoms with Gasteiger partial charge < -0.3 is 0 Å². The van der Waals surface area contributed by atoms with Gasteiger partial charge in [0.15, 0.2) is 5.78 Å². The Kier molecular flexibility index (Phi) is 4.43. The Morgan fingerprint density at radius 3 is 2.04 bits per heavy atom. The molecule has 6 heteroatoms. The van der Waals surface area contributed by atoms with Crippen molar-refractivity contribution in [1.29, 1.82) is 0 Å². The van der Waals surface area contributed by atoms with E-state index in [4.69, 9.17) is 0 Å². The van der Waals surface area contributed by atoms with Crippen LogP contribution in [0.4, 0.5) is 4.79 Å². The number of Topliss-reactive ketones (excluding diaryl/α,β-unsaturated/α-hetero) is 1. The Morgan fingerprint density at radius 2 is 1.44 bits per heavy atom. The molecule has 25 heavy (non-hydrogen) atoms. The van der Waals surface area contributed by atoms with Crippen LogP contribution in [0.25, 0.3) is 0 Å². The number of hydrogen-bond acceptors (Lipinski definition) is 4. The lowest BCUT2D eigenvalue weighted by Gasteiger charge is -2.22. The molecule has 1 saturated heterocycles. The minimum absolute atomic E-state index is 0.380. The third-order valence-corrected chi connectivity index (χ3v) is 4.15. The van der Waals surface area contributed by atoms with Crippen LogP contribution in [-0.4, -0.2) is 40.0 Å². The first kappa shape index (κ1) is 16.6. The third kappa shape index (κ3) is 3.06. The van der Waals surface area contributed by atoms with E-state index in [0.29, 0.717) is 10.5 Å². The highest BCUT2D eigenvalue weighted by Crippen LogP contribution is 2.26. The van der Waals surface area contributed by atoms with Gasteiger partial charge in [-0.2, -0.15) is 0 Å². The Hall–Kier alpha value is -3.28. The van der Waals surface area contributed by atoms with E-state index in [9.17, 15) is 19.2 Å². The van der Waals surface area contributed by atoms with Gasteiger partial charge in [0, 0.05) is 5.56 Å². The van der Waals surface area contributed by atoms with Gasteiger partial charge in [-0.1, -0.05) is 60.7 Å². The molecule has 1 aliphatic heterocycles. The van der Waals surface area contributed by atoms with Gasteiger partial charge in [-0.15, -0.1) is 0 Å². The standard InChI is InChI=1S/C19H16N2O4/c1-13(14-8-4-2-5-9-14)21-18(24)17(23)20(19(21)25)12-16(22)15-10-6-3-7-11-15/h2-11,13H,12H2,1H3. The maximum Gasteiger partial charge on any atom is 0.335 e. The fourth-order valence-corrected chi connectivity index (χ4v) is 2.74. The van der Waals surface area contributed by atoms with Crippen LogP contribution in [-0.2, 0) is 9.59 Å². The summed E-state index contributed by atoms with van der Waals surface area (Å²) in [6.45, 7) is 1.21. The molecule has 1 atom stereocenters. The summed E-state index contributed by atoms with van der Waals surface area (Å²) in [6.07, 6.45) is 0. The molecule has 4 amide bonds. The second-order valence-corrected chi connectivity index (χ2v) is 5.72. The maximum absolute atomic E-state index is 12.6. The number of hydrogen-bond donors (Lipinski definition) is 0. The highest BCUT2D eigenvalue weighted by molar-refractivity contribution is 6.45. The van der Waals surface area contributed by atoms with E-state index in [2.05, 4.69) is 0 Å². The molecule has 1 fully saturated rings. The van der Waals surface area contributed by atoms with Crippen LogP contribution in [0.5, 0.6) is 0 Å². The van der Waals surface area contributed by atoms with Gasteiger partial charge in [0.05, 0.1) is 12.6 Å². The Labute approximate surface area is 144 Å². The minimum Gasteiger partial charge on any atom is -0.292 e. The van der Waals surface area contributed by atoms with E-state index in [0.717, 1.165) is 10.5 Å². The summed E-state index contributed by atoms with van der Waals surface area (Å²) in [7, 11) is 0. The second-order valence-electron chi connectivity index (χ2n) is 5.72. The van der Waals surface area contributed by atoms with Crippen molar-refractivity contribution in [2.24, 2.45) is 0 Å². The maximum atomic E-state index is 12.6. The van der Waals surface area contributed by atoms with Crippen molar-refractivity contribution < 1.29 is 19.2 Å². The lowest BCUT2D eigenvalue weighted by molar-refractivity contribution is -0.143. The van der Waals surface area contributed by atoms with Crippen LogP contribution < -0.4 is 0 Å². The fourth-order valence-electron chi connectivity index (χ4n) is 2.74. The molecule has 1 heterocycles. The van der Waals surface area contributed by atoms with Crippen molar-refractivity contribution in [1.82, 2.24) is 9.80 Å². The van der Waals surface area contributed by atoms with E-state index in [1.807, 2.05) is 6.07 Å². The fraction of sp³-hybridized carbons (Fsp3) is 0.158. The van der Waals surface area contributed by atoms with Crippen molar-refractivity contribution in [2.75, 3.05) is 6.54 Å². The van der Waals surface area contributed by atoms with Gasteiger partial charge in [-0.3, -0.25) is 14.4 Å². The topological polar surface area (TPSA) is 74.8 Å². The molecular formula is C19H16N2O4. The van der Waals surface area contributed by atoms with E-state index in [1.165, 1.54) is 0 Å². The average Bonchev–Trinajstić information content (AvgIpc) is 2.86. The van der Waals surface area contributed by atoms with Gasteiger partial charge in [-0.25, -0.2) is 14.6 Å². The number of carbonyl (C=O) groups is 4. The number of nitrogens with zero attached hydrogens (tertiary/aromatic N) is 2. The molecule has 0 radical (unpaired) electrons. The van der Waals surface area contributed by atoms with E-state index < -0.39 is 36.2 Å². The number of benzene rings is 2. The van der Waals surface area contributed by atoms with Gasteiger partial charge in [0.1, 0.15) is 0 Å². The van der Waals surface area contributed by atoms with Crippen molar-refractivity contribution in [2.45, 2.75) is 13.0 Å². The summed E-state index contributed by atoms with van der Waals surface area (Å²) in [5.41, 5.74) is 1.11. The molecule has 3 rings (SSSR count). The lowest BCUT2D eigenvalue weighted by atomic mass is 10.1. The van der Waals surface area contributed by atoms with E-state index in [1.54, 1.807) is 61.5 Å². The average molecular weight is 336 g/mol. The lowest BCUT2D eigenvalue weighted by Crippen LogP contribution is -2.37. The van der Waals surface area contributed by atoms with Crippen LogP contribution in [0.3, 0.4) is 0 Å². The third-order valence-electron chi connectivity index (χ3n) is 4.15. The van der Waals surface area contributed by atoms with Gasteiger partial charge in [0.2, 0.25) is 0 Å². The number of ketones is 1. The summed E-state index contributed by atoms with van der Waals surface area (Å²) in [5, 5.41) is 0. The van der Waals surface area contributed by atoms with Gasteiger partial charge in [0.25, 0.3) is 0 Å². The smallest absolute Gasteiger partial charge is 0.292 e. The summed E-state index contributed by atoms with van der Waals surface area (Å²) >= 11 is 0. The first-order chi connectivity index (χ1) is 12.0. The summed E-state index contributed by atoms with van der Waals surface area (Å²) in [4.78, 5) is 50.9. The molecule has 0 N–H and O–H groups in total. The van der Waals surface area contributed by atoms with Crippen molar-refractivity contribution >= 4 is 23.6 Å². The number of carbonyl (C=O) groups excluding carboxylic acids is 4. The number of amides is 4. The second kappa shape index (κ2) is 6.68. The predicted molar refractivity (Wildman–Crippen MR) is 89.6 cm³/mol. The van der Waals surface area contributed by atoms with Crippen LogP contribution in [0.1, 0.15) is 28.9 Å². The van der Waals surface area contributed by atoms with E-state index >= 15 is 0 Å². The summed E-state index contributed by atoms with van der Waals surface area (Å²) in [5.74, 6) is -2.29. The molecule has 0 bridgehead atoms. The molecule has 126 valence electrons. The molecule has 0 spiro atoms. The molecule has 1 aliphatic rings. The zero-order valence-corrected chi connectivity index (χ0v) is 13.6. The number of urea groups is 1. The first-order valence-corrected chi connectivity index (χ1v) is 7.83. The quantitative estimate of drug-likeness (QED) is 0.477. The Bertz CT molecular complexity index is 833. The highest BCUT2D eigenvalue weighted by Gasteiger charge is 2.47. The SMILES string of the molecule is CC(c1ccccc1)N1C(=O)C(=O)N(CC(=O)c2ccccc2)C1=O. The van der Waals surface area contributed by atoms with Crippen LogP contribution >= 0.6 is 0 Å². The normalized spacial score (nSPS) is 15.6. The molecule has 0 saturated carbocycles. The van der Waals surface area contributed by atoms with Crippen molar-refractivity contribution in [3.05, 3.63) is 71.8 Å². The molecule has 1 unspecified atom stereocenters. The van der Waals surface area contributed by atoms with Crippen molar-refractivity contribution in [3.8, 4) is 0 Å². The summed E-state index contributed by atoms with van der Waals surface area (Å²) in [6, 6.07) is 15.9. The zero-order chi connectivity index (χ0) is 18.0. The van der Waals surface area contributed by atoms with Gasteiger partial charge in [-0.05, 0) is 12.5 Å². The molecule has 6 nitrogen and oxygen atoms in total. The largest absolute Gasteiger partial charge is 0.335 e. The highest BCUT2D eigenvalue weighted by atomic mass is 16.2. The first-order valence-electron chi connectivity index (χ1n) is 7.83. The predicted octanol–water partition coefficient (Wildman–Crippen LogP) is 2.42. The summed E-state index contributed by atoms with van der Waals surface area (Å²) < 4.78 is 0. The molecule has 0 aliphatic carbocycles.